The summed E-state index contributed by atoms with van der Waals surface area (Å²) in [5.74, 6) is -1.33. The number of nitrogen functional groups attached to an aromatic ring is 1. The number of phenols is 2. The van der Waals surface area contributed by atoms with Gasteiger partial charge in [-0.15, -0.1) is 0 Å². The second-order valence-corrected chi connectivity index (χ2v) is 3.40. The lowest BCUT2D eigenvalue weighted by Crippen LogP contribution is -1.96. The minimum absolute atomic E-state index is 0.228. The summed E-state index contributed by atoms with van der Waals surface area (Å²) in [6, 6.07) is 3.45. The van der Waals surface area contributed by atoms with Gasteiger partial charge in [-0.1, -0.05) is 0 Å². The second-order valence-electron chi connectivity index (χ2n) is 3.40. The molecule has 6 heteroatoms. The smallest absolute Gasteiger partial charge is 0.168 e. The van der Waals surface area contributed by atoms with Crippen LogP contribution in [0, 0.1) is 5.82 Å². The molecule has 0 fully saturated rings. The molecule has 2 rings (SSSR count). The molecule has 84 valence electrons. The number of rotatable bonds is 1. The third kappa shape index (κ3) is 1.54. The van der Waals surface area contributed by atoms with Crippen molar-refractivity contribution in [2.75, 3.05) is 5.73 Å². The number of hydrogen-bond donors (Lipinski definition) is 3. The number of nitrogens with zero attached hydrogens (tertiary/aromatic N) is 2. The van der Waals surface area contributed by atoms with Crippen LogP contribution in [0.4, 0.5) is 10.2 Å². The minimum Gasteiger partial charge on any atom is -0.507 e. The maximum atomic E-state index is 12.9. The molecule has 0 amide bonds. The molecule has 16 heavy (non-hydrogen) atoms. The van der Waals surface area contributed by atoms with Gasteiger partial charge >= 0.3 is 0 Å². The first kappa shape index (κ1) is 10.3. The van der Waals surface area contributed by atoms with Gasteiger partial charge in [0.05, 0.1) is 5.69 Å². The van der Waals surface area contributed by atoms with Gasteiger partial charge < -0.3 is 15.9 Å². The molecule has 5 nitrogen and oxygen atoms in total. The predicted molar refractivity (Wildman–Crippen MR) is 56.3 cm³/mol. The quantitative estimate of drug-likeness (QED) is 0.634. The normalized spacial score (nSPS) is 10.6. The summed E-state index contributed by atoms with van der Waals surface area (Å²) < 4.78 is 14.3. The van der Waals surface area contributed by atoms with Gasteiger partial charge in [0.1, 0.15) is 11.6 Å². The van der Waals surface area contributed by atoms with Crippen LogP contribution in [-0.2, 0) is 7.05 Å². The van der Waals surface area contributed by atoms with Crippen molar-refractivity contribution in [3.63, 3.8) is 0 Å². The van der Waals surface area contributed by atoms with Crippen molar-refractivity contribution in [3.8, 4) is 22.8 Å². The van der Waals surface area contributed by atoms with Crippen LogP contribution in [0.1, 0.15) is 0 Å². The van der Waals surface area contributed by atoms with E-state index in [0.717, 1.165) is 12.1 Å². The van der Waals surface area contributed by atoms with E-state index >= 15 is 0 Å². The zero-order valence-corrected chi connectivity index (χ0v) is 8.48. The molecule has 0 aliphatic heterocycles. The SMILES string of the molecule is Cn1nc(-c2cc(O)c(F)cc2O)cc1N. The fourth-order valence-electron chi connectivity index (χ4n) is 1.37. The predicted octanol–water partition coefficient (Wildman–Crippen LogP) is 1.22. The third-order valence-electron chi connectivity index (χ3n) is 2.26. The molecule has 0 aliphatic rings. The van der Waals surface area contributed by atoms with E-state index in [1.165, 1.54) is 10.7 Å². The third-order valence-corrected chi connectivity index (χ3v) is 2.26. The molecule has 2 aromatic rings. The monoisotopic (exact) mass is 223 g/mol. The number of hydrogen-bond acceptors (Lipinski definition) is 4. The van der Waals surface area contributed by atoms with E-state index in [4.69, 9.17) is 5.73 Å². The Labute approximate surface area is 90.6 Å². The number of phenolic OH excluding ortho intramolecular Hbond substituents is 2. The van der Waals surface area contributed by atoms with Gasteiger partial charge in [0.15, 0.2) is 11.6 Å². The topological polar surface area (TPSA) is 84.3 Å². The van der Waals surface area contributed by atoms with Crippen LogP contribution in [0.2, 0.25) is 0 Å². The van der Waals surface area contributed by atoms with E-state index in [9.17, 15) is 14.6 Å². The Morgan fingerprint density at radius 1 is 1.25 bits per heavy atom. The summed E-state index contributed by atoms with van der Waals surface area (Å²) in [7, 11) is 1.64. The standard InChI is InChI=1S/C10H10FN3O2/c1-14-10(12)4-7(13-14)5-2-9(16)6(11)3-8(5)15/h2-4,15-16H,12H2,1H3. The summed E-state index contributed by atoms with van der Waals surface area (Å²) in [4.78, 5) is 0. The van der Waals surface area contributed by atoms with Crippen LogP contribution in [0.3, 0.4) is 0 Å². The first-order valence-electron chi connectivity index (χ1n) is 4.50. The van der Waals surface area contributed by atoms with Crippen LogP contribution < -0.4 is 5.73 Å². The minimum atomic E-state index is -0.884. The summed E-state index contributed by atoms with van der Waals surface area (Å²) >= 11 is 0. The zero-order valence-electron chi connectivity index (χ0n) is 8.48. The Bertz CT molecular complexity index is 532. The van der Waals surface area contributed by atoms with E-state index < -0.39 is 11.6 Å². The average molecular weight is 223 g/mol. The van der Waals surface area contributed by atoms with E-state index in [1.807, 2.05) is 0 Å². The van der Waals surface area contributed by atoms with Crippen molar-refractivity contribution in [2.24, 2.45) is 7.05 Å². The average Bonchev–Trinajstić information content (AvgIpc) is 2.53. The first-order chi connectivity index (χ1) is 7.49. The Balaban J connectivity index is 2.60. The summed E-state index contributed by atoms with van der Waals surface area (Å²) in [6.45, 7) is 0. The van der Waals surface area contributed by atoms with E-state index in [0.29, 0.717) is 11.5 Å². The van der Waals surface area contributed by atoms with E-state index in [2.05, 4.69) is 5.10 Å². The molecule has 0 saturated heterocycles. The van der Waals surface area contributed by atoms with Crippen molar-refractivity contribution in [1.82, 2.24) is 9.78 Å². The molecule has 1 heterocycles. The van der Waals surface area contributed by atoms with Crippen LogP contribution in [0.15, 0.2) is 18.2 Å². The highest BCUT2D eigenvalue weighted by molar-refractivity contribution is 5.70. The fraction of sp³-hybridized carbons (Fsp3) is 0.100. The van der Waals surface area contributed by atoms with Crippen molar-refractivity contribution in [2.45, 2.75) is 0 Å². The zero-order chi connectivity index (χ0) is 11.9. The summed E-state index contributed by atoms with van der Waals surface area (Å²) in [6.07, 6.45) is 0. The Kier molecular flexibility index (Phi) is 2.19. The summed E-state index contributed by atoms with van der Waals surface area (Å²) in [5, 5.41) is 22.7. The molecule has 0 aliphatic carbocycles. The highest BCUT2D eigenvalue weighted by atomic mass is 19.1. The molecular weight excluding hydrogens is 213 g/mol. The second kappa shape index (κ2) is 3.41. The van der Waals surface area contributed by atoms with Crippen LogP contribution in [-0.4, -0.2) is 20.0 Å². The highest BCUT2D eigenvalue weighted by Crippen LogP contribution is 2.33. The summed E-state index contributed by atoms with van der Waals surface area (Å²) in [5.41, 5.74) is 6.17. The van der Waals surface area contributed by atoms with E-state index in [-0.39, 0.29) is 11.3 Å². The molecule has 0 spiro atoms. The maximum absolute atomic E-state index is 12.9. The largest absolute Gasteiger partial charge is 0.507 e. The Hall–Kier alpha value is -2.24. The lowest BCUT2D eigenvalue weighted by Gasteiger charge is -2.02. The number of aromatic hydroxyl groups is 2. The number of anilines is 1. The van der Waals surface area contributed by atoms with Crippen LogP contribution in [0.25, 0.3) is 11.3 Å². The van der Waals surface area contributed by atoms with Gasteiger partial charge in [0.25, 0.3) is 0 Å². The number of aromatic nitrogens is 2. The molecule has 0 saturated carbocycles. The first-order valence-corrected chi connectivity index (χ1v) is 4.50. The van der Waals surface area contributed by atoms with Gasteiger partial charge in [-0.05, 0) is 6.07 Å². The molecule has 0 atom stereocenters. The Morgan fingerprint density at radius 2 is 1.94 bits per heavy atom. The number of nitrogens with two attached hydrogens (primary N) is 1. The van der Waals surface area contributed by atoms with Gasteiger partial charge in [0, 0.05) is 24.7 Å². The van der Waals surface area contributed by atoms with Crippen molar-refractivity contribution in [3.05, 3.63) is 24.0 Å². The number of halogens is 1. The highest BCUT2D eigenvalue weighted by Gasteiger charge is 2.13. The lowest BCUT2D eigenvalue weighted by atomic mass is 10.1. The number of benzene rings is 1. The fourth-order valence-corrected chi connectivity index (χ4v) is 1.37. The molecular formula is C10H10FN3O2. The van der Waals surface area contributed by atoms with Crippen molar-refractivity contribution in [1.29, 1.82) is 0 Å². The Morgan fingerprint density at radius 3 is 2.50 bits per heavy atom. The van der Waals surface area contributed by atoms with Gasteiger partial charge in [-0.25, -0.2) is 4.39 Å². The maximum Gasteiger partial charge on any atom is 0.168 e. The van der Waals surface area contributed by atoms with Crippen molar-refractivity contribution < 1.29 is 14.6 Å². The molecule has 0 radical (unpaired) electrons. The van der Waals surface area contributed by atoms with E-state index in [1.54, 1.807) is 7.05 Å². The molecule has 4 N–H and O–H groups in total. The van der Waals surface area contributed by atoms with Crippen LogP contribution in [0.5, 0.6) is 11.5 Å². The van der Waals surface area contributed by atoms with Gasteiger partial charge in [-0.2, -0.15) is 5.10 Å². The number of aryl methyl sites for hydroxylation is 1. The van der Waals surface area contributed by atoms with Gasteiger partial charge in [0.2, 0.25) is 0 Å². The van der Waals surface area contributed by atoms with Crippen molar-refractivity contribution >= 4 is 5.82 Å². The lowest BCUT2D eigenvalue weighted by molar-refractivity contribution is 0.422. The molecule has 0 bridgehead atoms. The van der Waals surface area contributed by atoms with Gasteiger partial charge in [-0.3, -0.25) is 4.68 Å². The molecule has 1 aromatic heterocycles. The van der Waals surface area contributed by atoms with Crippen LogP contribution >= 0.6 is 0 Å². The molecule has 0 unspecified atom stereocenters. The molecule has 1 aromatic carbocycles.